The quantitative estimate of drug-likeness (QED) is 0.659. The number of aryl methyl sites for hydroxylation is 1. The maximum atomic E-state index is 5.86. The van der Waals surface area contributed by atoms with Crippen LogP contribution in [0.1, 0.15) is 31.2 Å². The fourth-order valence-electron chi connectivity index (χ4n) is 1.64. The van der Waals surface area contributed by atoms with E-state index in [1.54, 1.807) is 7.11 Å². The summed E-state index contributed by atoms with van der Waals surface area (Å²) in [5, 5.41) is 0. The molecule has 0 aliphatic carbocycles. The Morgan fingerprint density at radius 2 is 1.90 bits per heavy atom. The number of hydrogen-bond acceptors (Lipinski definition) is 6. The summed E-state index contributed by atoms with van der Waals surface area (Å²) in [7, 11) is 1.68. The minimum absolute atomic E-state index is 0.454. The monoisotopic (exact) mass is 283 g/mol. The van der Waals surface area contributed by atoms with Crippen molar-refractivity contribution in [3.63, 3.8) is 0 Å². The number of hydrogen-bond donors (Lipinski definition) is 1. The molecule has 0 bridgehead atoms. The van der Waals surface area contributed by atoms with Gasteiger partial charge >= 0.3 is 0 Å². The summed E-state index contributed by atoms with van der Waals surface area (Å²) in [6, 6.07) is 0. The molecule has 0 fully saturated rings. The fraction of sp³-hybridized carbons (Fsp3) is 0.714. The number of nitrogens with two attached hydrogens (primary N) is 1. The van der Waals surface area contributed by atoms with E-state index >= 15 is 0 Å². The summed E-state index contributed by atoms with van der Waals surface area (Å²) in [5.41, 5.74) is 6.64. The lowest BCUT2D eigenvalue weighted by Gasteiger charge is -2.11. The van der Waals surface area contributed by atoms with Gasteiger partial charge in [0.25, 0.3) is 0 Å². The maximum Gasteiger partial charge on any atom is 0.221 e. The number of anilines is 1. The van der Waals surface area contributed by atoms with Crippen LogP contribution in [0.15, 0.2) is 0 Å². The first-order valence-electron chi connectivity index (χ1n) is 7.01. The molecule has 2 N–H and O–H groups in total. The Morgan fingerprint density at radius 1 is 1.10 bits per heavy atom. The summed E-state index contributed by atoms with van der Waals surface area (Å²) in [6.45, 7) is 6.30. The van der Waals surface area contributed by atoms with E-state index in [1.165, 1.54) is 0 Å². The average Bonchev–Trinajstić information content (AvgIpc) is 2.43. The Labute approximate surface area is 120 Å². The molecule has 1 aromatic heterocycles. The highest BCUT2D eigenvalue weighted by Gasteiger charge is 2.09. The molecule has 6 heteroatoms. The average molecular weight is 283 g/mol. The van der Waals surface area contributed by atoms with Crippen molar-refractivity contribution in [2.45, 2.75) is 33.1 Å². The molecule has 1 aromatic rings. The second-order valence-corrected chi connectivity index (χ2v) is 4.51. The van der Waals surface area contributed by atoms with Gasteiger partial charge in [-0.25, -0.2) is 4.98 Å². The summed E-state index contributed by atoms with van der Waals surface area (Å²) in [6.07, 6.45) is 2.66. The zero-order valence-electron chi connectivity index (χ0n) is 12.6. The standard InChI is InChI=1S/C14H25N3O3/c1-4-6-12-16-13(15)11(2)14(17-12)20-10-9-19-8-5-7-18-3/h4-10H2,1-3H3,(H2,15,16,17). The minimum atomic E-state index is 0.454. The smallest absolute Gasteiger partial charge is 0.221 e. The predicted molar refractivity (Wildman–Crippen MR) is 78.0 cm³/mol. The zero-order valence-corrected chi connectivity index (χ0v) is 12.6. The van der Waals surface area contributed by atoms with Crippen molar-refractivity contribution in [2.75, 3.05) is 39.3 Å². The second-order valence-electron chi connectivity index (χ2n) is 4.51. The van der Waals surface area contributed by atoms with Crippen molar-refractivity contribution in [3.05, 3.63) is 11.4 Å². The lowest BCUT2D eigenvalue weighted by atomic mass is 10.3. The molecule has 0 spiro atoms. The molecule has 1 heterocycles. The lowest BCUT2D eigenvalue weighted by Crippen LogP contribution is -2.12. The lowest BCUT2D eigenvalue weighted by molar-refractivity contribution is 0.0793. The third-order valence-corrected chi connectivity index (χ3v) is 2.76. The van der Waals surface area contributed by atoms with Crippen LogP contribution in [0.2, 0.25) is 0 Å². The number of nitrogen functional groups attached to an aromatic ring is 1. The summed E-state index contributed by atoms with van der Waals surface area (Å²) >= 11 is 0. The summed E-state index contributed by atoms with van der Waals surface area (Å²) in [5.74, 6) is 1.77. The van der Waals surface area contributed by atoms with Gasteiger partial charge in [0.05, 0.1) is 12.2 Å². The van der Waals surface area contributed by atoms with E-state index in [2.05, 4.69) is 16.9 Å². The van der Waals surface area contributed by atoms with Crippen LogP contribution in [0.5, 0.6) is 5.88 Å². The molecule has 0 amide bonds. The molecule has 1 rings (SSSR count). The maximum absolute atomic E-state index is 5.86. The van der Waals surface area contributed by atoms with Gasteiger partial charge in [-0.15, -0.1) is 0 Å². The molecule has 0 aliphatic heterocycles. The number of nitrogens with zero attached hydrogens (tertiary/aromatic N) is 2. The number of rotatable bonds is 10. The van der Waals surface area contributed by atoms with E-state index in [9.17, 15) is 0 Å². The van der Waals surface area contributed by atoms with Gasteiger partial charge in [-0.05, 0) is 19.8 Å². The zero-order chi connectivity index (χ0) is 14.8. The minimum Gasteiger partial charge on any atom is -0.475 e. The van der Waals surface area contributed by atoms with Crippen LogP contribution < -0.4 is 10.5 Å². The van der Waals surface area contributed by atoms with E-state index in [-0.39, 0.29) is 0 Å². The van der Waals surface area contributed by atoms with Gasteiger partial charge in [-0.2, -0.15) is 4.98 Å². The third kappa shape index (κ3) is 5.71. The Kier molecular flexibility index (Phi) is 7.91. The SMILES string of the molecule is CCCc1nc(N)c(C)c(OCCOCCCOC)n1. The molecule has 0 saturated heterocycles. The van der Waals surface area contributed by atoms with Crippen LogP contribution in [0.3, 0.4) is 0 Å². The van der Waals surface area contributed by atoms with E-state index < -0.39 is 0 Å². The van der Waals surface area contributed by atoms with E-state index in [0.717, 1.165) is 30.7 Å². The van der Waals surface area contributed by atoms with Crippen LogP contribution in [-0.2, 0) is 15.9 Å². The van der Waals surface area contributed by atoms with Gasteiger partial charge < -0.3 is 19.9 Å². The van der Waals surface area contributed by atoms with Crippen LogP contribution in [0, 0.1) is 6.92 Å². The van der Waals surface area contributed by atoms with Crippen molar-refractivity contribution >= 4 is 5.82 Å². The summed E-state index contributed by atoms with van der Waals surface area (Å²) in [4.78, 5) is 8.62. The number of aromatic nitrogens is 2. The molecule has 6 nitrogen and oxygen atoms in total. The van der Waals surface area contributed by atoms with E-state index in [1.807, 2.05) is 6.92 Å². The van der Waals surface area contributed by atoms with Crippen LogP contribution in [0.25, 0.3) is 0 Å². The fourth-order valence-corrected chi connectivity index (χ4v) is 1.64. The topological polar surface area (TPSA) is 79.5 Å². The van der Waals surface area contributed by atoms with Crippen molar-refractivity contribution in [1.82, 2.24) is 9.97 Å². The van der Waals surface area contributed by atoms with Gasteiger partial charge in [-0.1, -0.05) is 6.92 Å². The molecule has 0 unspecified atom stereocenters. The predicted octanol–water partition coefficient (Wildman–Crippen LogP) is 1.75. The molecular formula is C14H25N3O3. The molecular weight excluding hydrogens is 258 g/mol. The Balaban J connectivity index is 2.38. The van der Waals surface area contributed by atoms with Gasteiger partial charge in [0.15, 0.2) is 0 Å². The highest BCUT2D eigenvalue weighted by atomic mass is 16.5. The number of methoxy groups -OCH3 is 1. The molecule has 0 radical (unpaired) electrons. The molecule has 114 valence electrons. The normalized spacial score (nSPS) is 10.8. The van der Waals surface area contributed by atoms with Gasteiger partial charge in [0.2, 0.25) is 5.88 Å². The molecule has 0 aromatic carbocycles. The largest absolute Gasteiger partial charge is 0.475 e. The second kappa shape index (κ2) is 9.50. The Morgan fingerprint density at radius 3 is 2.60 bits per heavy atom. The molecule has 20 heavy (non-hydrogen) atoms. The highest BCUT2D eigenvalue weighted by Crippen LogP contribution is 2.19. The van der Waals surface area contributed by atoms with Gasteiger partial charge in [0, 0.05) is 26.7 Å². The van der Waals surface area contributed by atoms with Crippen molar-refractivity contribution in [2.24, 2.45) is 0 Å². The third-order valence-electron chi connectivity index (χ3n) is 2.76. The van der Waals surface area contributed by atoms with E-state index in [4.69, 9.17) is 19.9 Å². The first kappa shape index (κ1) is 16.7. The molecule has 0 saturated carbocycles. The molecule has 0 aliphatic rings. The van der Waals surface area contributed by atoms with Crippen LogP contribution >= 0.6 is 0 Å². The highest BCUT2D eigenvalue weighted by molar-refractivity contribution is 5.44. The van der Waals surface area contributed by atoms with Gasteiger partial charge in [0.1, 0.15) is 18.2 Å². The Bertz CT molecular complexity index is 399. The first-order chi connectivity index (χ1) is 9.69. The summed E-state index contributed by atoms with van der Waals surface area (Å²) < 4.78 is 16.0. The van der Waals surface area contributed by atoms with Crippen molar-refractivity contribution < 1.29 is 14.2 Å². The van der Waals surface area contributed by atoms with Crippen LogP contribution in [-0.4, -0.2) is 43.5 Å². The Hall–Kier alpha value is -1.40. The molecule has 0 atom stereocenters. The van der Waals surface area contributed by atoms with Gasteiger partial charge in [-0.3, -0.25) is 0 Å². The number of ether oxygens (including phenoxy) is 3. The van der Waals surface area contributed by atoms with E-state index in [0.29, 0.717) is 38.1 Å². The van der Waals surface area contributed by atoms with Crippen molar-refractivity contribution in [1.29, 1.82) is 0 Å². The van der Waals surface area contributed by atoms with Crippen molar-refractivity contribution in [3.8, 4) is 5.88 Å². The first-order valence-corrected chi connectivity index (χ1v) is 7.01. The van der Waals surface area contributed by atoms with Crippen LogP contribution in [0.4, 0.5) is 5.82 Å².